The second-order valence-electron chi connectivity index (χ2n) is 7.53. The maximum atomic E-state index is 11.1. The minimum atomic E-state index is -1.02. The highest BCUT2D eigenvalue weighted by molar-refractivity contribution is 7.99. The Bertz CT molecular complexity index is 903. The molecule has 2 atom stereocenters. The number of carboxylic acid groups (broad SMARTS) is 1. The number of thioether (sulfide) groups is 1. The molecule has 1 heterocycles. The number of carboxylic acids is 1. The fraction of sp³-hybridized carbons (Fsp3) is 0.409. The minimum absolute atomic E-state index is 0.0195. The number of aryl methyl sites for hydroxylation is 1. The lowest BCUT2D eigenvalue weighted by molar-refractivity contribution is -0.690. The fourth-order valence-electron chi connectivity index (χ4n) is 3.50. The minimum Gasteiger partial charge on any atom is -0.544 e. The number of nitrogens with two attached hydrogens (primary N) is 1. The lowest BCUT2D eigenvalue weighted by Crippen LogP contribution is -2.90. The summed E-state index contributed by atoms with van der Waals surface area (Å²) in [5.41, 5.74) is 4.02. The van der Waals surface area contributed by atoms with Crippen molar-refractivity contribution < 1.29 is 24.7 Å². The zero-order valence-electron chi connectivity index (χ0n) is 17.0. The standard InChI is InChI=1S/C22H26ClNO4S/c1-12(2)17-9-16(23)7-13(3)20(17)28-10-15-8-14(5-6-19(15)27-4)21-24-18(11-29-21)22(25)26/h5-9,12,18,21,24H,10-11H2,1-4H3,(H,25,26)/t18-,21-/m1/s1. The van der Waals surface area contributed by atoms with Crippen molar-refractivity contribution >= 4 is 29.3 Å². The van der Waals surface area contributed by atoms with Gasteiger partial charge < -0.3 is 24.7 Å². The molecule has 7 heteroatoms. The largest absolute Gasteiger partial charge is 0.544 e. The molecule has 1 aliphatic heterocycles. The Morgan fingerprint density at radius 3 is 2.72 bits per heavy atom. The van der Waals surface area contributed by atoms with Gasteiger partial charge >= 0.3 is 0 Å². The lowest BCUT2D eigenvalue weighted by atomic mass is 9.99. The van der Waals surface area contributed by atoms with Gasteiger partial charge in [-0.05, 0) is 54.3 Å². The van der Waals surface area contributed by atoms with Crippen LogP contribution in [0.3, 0.4) is 0 Å². The van der Waals surface area contributed by atoms with Crippen LogP contribution in [0.1, 0.15) is 47.4 Å². The first-order valence-corrected chi connectivity index (χ1v) is 11.0. The molecule has 1 saturated heterocycles. The topological polar surface area (TPSA) is 75.2 Å². The van der Waals surface area contributed by atoms with Gasteiger partial charge in [0.15, 0.2) is 5.37 Å². The molecule has 1 fully saturated rings. The van der Waals surface area contributed by atoms with Crippen LogP contribution in [0.4, 0.5) is 0 Å². The molecule has 2 N–H and O–H groups in total. The summed E-state index contributed by atoms with van der Waals surface area (Å²) >= 11 is 7.84. The van der Waals surface area contributed by atoms with Crippen molar-refractivity contribution in [2.24, 2.45) is 0 Å². The van der Waals surface area contributed by atoms with Crippen molar-refractivity contribution in [3.63, 3.8) is 0 Å². The van der Waals surface area contributed by atoms with E-state index in [2.05, 4.69) is 13.8 Å². The highest BCUT2D eigenvalue weighted by Crippen LogP contribution is 2.35. The Labute approximate surface area is 180 Å². The average molecular weight is 436 g/mol. The van der Waals surface area contributed by atoms with Crippen LogP contribution in [0.15, 0.2) is 30.3 Å². The van der Waals surface area contributed by atoms with Gasteiger partial charge in [0.25, 0.3) is 0 Å². The van der Waals surface area contributed by atoms with Crippen molar-refractivity contribution in [2.75, 3.05) is 12.9 Å². The summed E-state index contributed by atoms with van der Waals surface area (Å²) in [7, 11) is 1.63. The van der Waals surface area contributed by atoms with Gasteiger partial charge in [-0.1, -0.05) is 37.2 Å². The second-order valence-corrected chi connectivity index (χ2v) is 9.14. The van der Waals surface area contributed by atoms with Crippen LogP contribution < -0.4 is 19.9 Å². The Morgan fingerprint density at radius 1 is 1.34 bits per heavy atom. The fourth-order valence-corrected chi connectivity index (χ4v) is 5.09. The first-order valence-electron chi connectivity index (χ1n) is 9.57. The molecular weight excluding hydrogens is 410 g/mol. The van der Waals surface area contributed by atoms with Gasteiger partial charge in [-0.2, -0.15) is 0 Å². The second kappa shape index (κ2) is 9.28. The van der Waals surface area contributed by atoms with E-state index in [0.29, 0.717) is 17.4 Å². The van der Waals surface area contributed by atoms with Crippen LogP contribution in [0.2, 0.25) is 5.02 Å². The van der Waals surface area contributed by atoms with E-state index in [1.165, 1.54) is 0 Å². The smallest absolute Gasteiger partial charge is 0.159 e. The third-order valence-electron chi connectivity index (χ3n) is 5.06. The third-order valence-corrected chi connectivity index (χ3v) is 6.62. The van der Waals surface area contributed by atoms with Crippen molar-refractivity contribution in [1.82, 2.24) is 0 Å². The summed E-state index contributed by atoms with van der Waals surface area (Å²) in [6, 6.07) is 9.25. The average Bonchev–Trinajstić information content (AvgIpc) is 3.17. The number of benzene rings is 2. The van der Waals surface area contributed by atoms with Crippen LogP contribution in [-0.4, -0.2) is 24.9 Å². The van der Waals surface area contributed by atoms with Gasteiger partial charge in [0, 0.05) is 16.1 Å². The molecule has 0 bridgehead atoms. The molecule has 0 unspecified atom stereocenters. The van der Waals surface area contributed by atoms with E-state index in [4.69, 9.17) is 21.1 Å². The van der Waals surface area contributed by atoms with Crippen LogP contribution >= 0.6 is 23.4 Å². The number of ether oxygens (including phenoxy) is 2. The summed E-state index contributed by atoms with van der Waals surface area (Å²) in [6.07, 6.45) is 0. The normalized spacial score (nSPS) is 18.8. The van der Waals surface area contributed by atoms with Crippen LogP contribution in [0.25, 0.3) is 0 Å². The molecule has 1 aliphatic rings. The zero-order chi connectivity index (χ0) is 21.1. The van der Waals surface area contributed by atoms with Crippen molar-refractivity contribution in [1.29, 1.82) is 0 Å². The number of aliphatic carboxylic acids is 1. The first kappa shape index (κ1) is 21.8. The molecular formula is C22H26ClNO4S. The van der Waals surface area contributed by atoms with Gasteiger partial charge in [0.2, 0.25) is 0 Å². The molecule has 2 aromatic carbocycles. The van der Waals surface area contributed by atoms with E-state index in [0.717, 1.165) is 33.8 Å². The number of quaternary nitrogens is 1. The molecule has 3 rings (SSSR count). The summed E-state index contributed by atoms with van der Waals surface area (Å²) in [4.78, 5) is 11.1. The third kappa shape index (κ3) is 5.00. The first-order chi connectivity index (χ1) is 13.8. The molecule has 29 heavy (non-hydrogen) atoms. The van der Waals surface area contributed by atoms with Crippen molar-refractivity contribution in [3.05, 3.63) is 57.6 Å². The van der Waals surface area contributed by atoms with Gasteiger partial charge in [-0.25, -0.2) is 0 Å². The SMILES string of the molecule is COc1ccc([C@@H]2[NH2+][C@@H](C(=O)[O-])CS2)cc1COc1c(C)cc(Cl)cc1C(C)C. The van der Waals surface area contributed by atoms with E-state index in [1.54, 1.807) is 18.9 Å². The zero-order valence-corrected chi connectivity index (χ0v) is 18.6. The van der Waals surface area contributed by atoms with Crippen molar-refractivity contribution in [3.8, 4) is 11.5 Å². The highest BCUT2D eigenvalue weighted by Gasteiger charge is 2.31. The molecule has 0 aliphatic carbocycles. The quantitative estimate of drug-likeness (QED) is 0.723. The number of hydrogen-bond acceptors (Lipinski definition) is 5. The maximum absolute atomic E-state index is 11.1. The highest BCUT2D eigenvalue weighted by atomic mass is 35.5. The van der Waals surface area contributed by atoms with Crippen LogP contribution in [-0.2, 0) is 11.4 Å². The number of carbonyl (C=O) groups is 1. The molecule has 0 aromatic heterocycles. The molecule has 0 saturated carbocycles. The van der Waals surface area contributed by atoms with Gasteiger partial charge in [-0.3, -0.25) is 0 Å². The molecule has 5 nitrogen and oxygen atoms in total. The van der Waals surface area contributed by atoms with E-state index in [9.17, 15) is 9.90 Å². The molecule has 0 amide bonds. The van der Waals surface area contributed by atoms with E-state index < -0.39 is 12.0 Å². The van der Waals surface area contributed by atoms with E-state index in [1.807, 2.05) is 42.6 Å². The monoisotopic (exact) mass is 435 g/mol. The van der Waals surface area contributed by atoms with E-state index in [-0.39, 0.29) is 11.3 Å². The van der Waals surface area contributed by atoms with Gasteiger partial charge in [0.1, 0.15) is 30.1 Å². The van der Waals surface area contributed by atoms with Gasteiger partial charge in [0.05, 0.1) is 12.9 Å². The molecule has 156 valence electrons. The summed E-state index contributed by atoms with van der Waals surface area (Å²) in [5.74, 6) is 1.38. The van der Waals surface area contributed by atoms with Gasteiger partial charge in [-0.15, -0.1) is 0 Å². The Kier molecular flexibility index (Phi) is 6.98. The lowest BCUT2D eigenvalue weighted by Gasteiger charge is -2.19. The summed E-state index contributed by atoms with van der Waals surface area (Å²) in [5, 5.41) is 13.7. The predicted octanol–water partition coefficient (Wildman–Crippen LogP) is 2.79. The number of methoxy groups -OCH3 is 1. The van der Waals surface area contributed by atoms with E-state index >= 15 is 0 Å². The number of carbonyl (C=O) groups excluding carboxylic acids is 1. The molecule has 0 spiro atoms. The Hall–Kier alpha value is -1.89. The molecule has 2 aromatic rings. The summed E-state index contributed by atoms with van der Waals surface area (Å²) < 4.78 is 11.7. The Balaban J connectivity index is 1.84. The number of rotatable bonds is 7. The summed E-state index contributed by atoms with van der Waals surface area (Å²) in [6.45, 7) is 6.56. The maximum Gasteiger partial charge on any atom is 0.159 e. The van der Waals surface area contributed by atoms with Crippen LogP contribution in [0.5, 0.6) is 11.5 Å². The molecule has 0 radical (unpaired) electrons. The Morgan fingerprint density at radius 2 is 2.10 bits per heavy atom. The number of hydrogen-bond donors (Lipinski definition) is 1. The van der Waals surface area contributed by atoms with Crippen molar-refractivity contribution in [2.45, 2.75) is 44.7 Å². The van der Waals surface area contributed by atoms with Crippen LogP contribution in [0, 0.1) is 6.92 Å². The predicted molar refractivity (Wildman–Crippen MR) is 114 cm³/mol. The number of halogens is 1.